The van der Waals surface area contributed by atoms with Gasteiger partial charge >= 0.3 is 0 Å². The number of benzene rings is 3. The molecule has 3 aromatic rings. The quantitative estimate of drug-likeness (QED) is 0.228. The number of Topliss-reactive ketones (excluding diaryl/α,β-unsaturated/α-hetero) is 1. The van der Waals surface area contributed by atoms with Crippen LogP contribution in [0.1, 0.15) is 96.5 Å². The zero-order valence-corrected chi connectivity index (χ0v) is 27.2. The van der Waals surface area contributed by atoms with Crippen molar-refractivity contribution in [3.8, 4) is 17.2 Å². The van der Waals surface area contributed by atoms with Crippen molar-refractivity contribution in [2.45, 2.75) is 89.8 Å². The predicted molar refractivity (Wildman–Crippen MR) is 177 cm³/mol. The summed E-state index contributed by atoms with van der Waals surface area (Å²) < 4.78 is 30.6. The highest BCUT2D eigenvalue weighted by Gasteiger charge is 2.40. The minimum absolute atomic E-state index is 0.0446. The van der Waals surface area contributed by atoms with Crippen LogP contribution in [-0.4, -0.2) is 56.1 Å². The van der Waals surface area contributed by atoms with E-state index in [9.17, 15) is 4.79 Å². The Morgan fingerprint density at radius 3 is 2.13 bits per heavy atom. The number of carbonyl (C=O) groups is 1. The van der Waals surface area contributed by atoms with E-state index in [1.165, 1.54) is 37.2 Å². The van der Waals surface area contributed by atoms with Crippen LogP contribution in [0.25, 0.3) is 0 Å². The molecule has 3 aromatic carbocycles. The van der Waals surface area contributed by atoms with Crippen molar-refractivity contribution in [3.63, 3.8) is 0 Å². The van der Waals surface area contributed by atoms with Crippen LogP contribution < -0.4 is 14.2 Å². The predicted octanol–water partition coefficient (Wildman–Crippen LogP) is 7.79. The summed E-state index contributed by atoms with van der Waals surface area (Å²) in [6.45, 7) is 9.41. The average Bonchev–Trinajstić information content (AvgIpc) is 3.06. The number of carbonyl (C=O) groups excluding carboxylic acids is 1. The molecule has 0 bridgehead atoms. The second kappa shape index (κ2) is 14.2. The van der Waals surface area contributed by atoms with Crippen LogP contribution in [0.5, 0.6) is 17.2 Å². The summed E-state index contributed by atoms with van der Waals surface area (Å²) in [6.07, 6.45) is 7.39. The van der Waals surface area contributed by atoms with Crippen LogP contribution in [-0.2, 0) is 15.9 Å². The molecule has 4 atom stereocenters. The fraction of sp³-hybridized carbons (Fsp3) is 0.513. The molecule has 0 aromatic heterocycles. The number of nitrogens with zero attached hydrogens (tertiary/aromatic N) is 1. The molecule has 0 radical (unpaired) electrons. The van der Waals surface area contributed by atoms with Crippen LogP contribution in [0.15, 0.2) is 60.7 Å². The Bertz CT molecular complexity index is 1490. The molecule has 7 rings (SSSR count). The molecule has 3 saturated heterocycles. The minimum atomic E-state index is -0.500. The molecule has 4 aliphatic rings. The fourth-order valence-electron chi connectivity index (χ4n) is 7.38. The van der Waals surface area contributed by atoms with Crippen LogP contribution in [0.2, 0.25) is 0 Å². The first-order valence-corrected chi connectivity index (χ1v) is 17.4. The molecule has 0 N–H and O–H groups in total. The first-order chi connectivity index (χ1) is 22.5. The zero-order valence-electron chi connectivity index (χ0n) is 27.2. The van der Waals surface area contributed by atoms with Crippen molar-refractivity contribution in [1.29, 1.82) is 0 Å². The van der Waals surface area contributed by atoms with Gasteiger partial charge in [0.1, 0.15) is 23.4 Å². The first kappa shape index (κ1) is 31.2. The van der Waals surface area contributed by atoms with E-state index in [1.54, 1.807) is 0 Å². The lowest BCUT2D eigenvalue weighted by Crippen LogP contribution is -2.47. The molecular weight excluding hydrogens is 578 g/mol. The number of fused-ring (bicyclic) bond motifs is 1. The third kappa shape index (κ3) is 6.97. The number of rotatable bonds is 10. The van der Waals surface area contributed by atoms with Crippen LogP contribution >= 0.6 is 0 Å². The molecule has 0 saturated carbocycles. The van der Waals surface area contributed by atoms with Crippen molar-refractivity contribution in [2.75, 3.05) is 32.8 Å². The van der Waals surface area contributed by atoms with E-state index in [1.807, 2.05) is 42.5 Å². The summed E-state index contributed by atoms with van der Waals surface area (Å²) in [4.78, 5) is 16.9. The maximum atomic E-state index is 14.3. The summed E-state index contributed by atoms with van der Waals surface area (Å²) in [7, 11) is 0. The van der Waals surface area contributed by atoms with Gasteiger partial charge in [0.05, 0.1) is 24.7 Å². The molecule has 3 fully saturated rings. The molecule has 46 heavy (non-hydrogen) atoms. The van der Waals surface area contributed by atoms with E-state index >= 15 is 0 Å². The molecule has 7 heteroatoms. The molecule has 0 aliphatic carbocycles. The van der Waals surface area contributed by atoms with Gasteiger partial charge < -0.3 is 28.6 Å². The lowest BCUT2D eigenvalue weighted by molar-refractivity contribution is -0.106. The van der Waals surface area contributed by atoms with Crippen molar-refractivity contribution in [2.24, 2.45) is 5.92 Å². The summed E-state index contributed by atoms with van der Waals surface area (Å²) in [5, 5.41) is 0. The number of hydrogen-bond acceptors (Lipinski definition) is 7. The Morgan fingerprint density at radius 1 is 0.804 bits per heavy atom. The Morgan fingerprint density at radius 2 is 1.48 bits per heavy atom. The molecule has 244 valence electrons. The van der Waals surface area contributed by atoms with Crippen molar-refractivity contribution < 1.29 is 28.5 Å². The SMILES string of the molecule is CCCN1CC(Cc2ccc(C3Oc4cc(OC5CCCCO5)ccc4C(=O)C3c3ccc(OC4CCCCO4)cc3)cc2C)C1. The Balaban J connectivity index is 1.15. The van der Waals surface area contributed by atoms with Gasteiger partial charge in [0.15, 0.2) is 18.4 Å². The van der Waals surface area contributed by atoms with Gasteiger partial charge in [-0.3, -0.25) is 4.79 Å². The van der Waals surface area contributed by atoms with Crippen molar-refractivity contribution in [3.05, 3.63) is 88.5 Å². The van der Waals surface area contributed by atoms with Crippen LogP contribution in [0.3, 0.4) is 0 Å². The standard InChI is InChI=1S/C39H47NO6/c1-3-18-40-24-27(25-40)22-29-10-11-30(21-26(29)2)39-37(28-12-14-31(15-13-28)44-35-8-4-6-19-42-35)38(41)33-17-16-32(23-34(33)46-39)45-36-9-5-7-20-43-36/h10-17,21,23,27,35-37,39H,3-9,18-20,22,24-25H2,1-2H3. The fourth-order valence-corrected chi connectivity index (χ4v) is 7.38. The normalized spacial score (nSPS) is 25.3. The van der Waals surface area contributed by atoms with Gasteiger partial charge in [0.25, 0.3) is 0 Å². The maximum absolute atomic E-state index is 14.3. The smallest absolute Gasteiger partial charge is 0.199 e. The summed E-state index contributed by atoms with van der Waals surface area (Å²) >= 11 is 0. The second-order valence-corrected chi connectivity index (χ2v) is 13.5. The van der Waals surface area contributed by atoms with E-state index in [2.05, 4.69) is 36.9 Å². The molecule has 0 amide bonds. The molecule has 4 unspecified atom stereocenters. The number of aryl methyl sites for hydroxylation is 1. The summed E-state index contributed by atoms with van der Waals surface area (Å²) in [5.74, 6) is 2.21. The summed E-state index contributed by atoms with van der Waals surface area (Å²) in [6, 6.07) is 20.1. The van der Waals surface area contributed by atoms with Gasteiger partial charge in [-0.05, 0) is 104 Å². The first-order valence-electron chi connectivity index (χ1n) is 17.4. The molecule has 4 heterocycles. The van der Waals surface area contributed by atoms with Crippen molar-refractivity contribution in [1.82, 2.24) is 4.90 Å². The average molecular weight is 626 g/mol. The van der Waals surface area contributed by atoms with Crippen LogP contribution in [0, 0.1) is 12.8 Å². The third-order valence-corrected chi connectivity index (χ3v) is 9.88. The van der Waals surface area contributed by atoms with Gasteiger partial charge in [-0.25, -0.2) is 0 Å². The number of ketones is 1. The topological polar surface area (TPSA) is 66.5 Å². The summed E-state index contributed by atoms with van der Waals surface area (Å²) in [5.41, 5.74) is 5.10. The molecule has 7 nitrogen and oxygen atoms in total. The third-order valence-electron chi connectivity index (χ3n) is 9.88. The monoisotopic (exact) mass is 625 g/mol. The Labute approximate surface area is 273 Å². The largest absolute Gasteiger partial charge is 0.484 e. The van der Waals surface area contributed by atoms with Crippen molar-refractivity contribution >= 4 is 5.78 Å². The highest BCUT2D eigenvalue weighted by Crippen LogP contribution is 2.46. The zero-order chi connectivity index (χ0) is 31.5. The highest BCUT2D eigenvalue weighted by atomic mass is 16.7. The lowest BCUT2D eigenvalue weighted by atomic mass is 9.80. The number of hydrogen-bond donors (Lipinski definition) is 0. The van der Waals surface area contributed by atoms with E-state index in [0.29, 0.717) is 29.6 Å². The van der Waals surface area contributed by atoms with Gasteiger partial charge in [0, 0.05) is 32.0 Å². The minimum Gasteiger partial charge on any atom is -0.484 e. The Hall–Kier alpha value is -3.39. The van der Waals surface area contributed by atoms with Gasteiger partial charge in [-0.1, -0.05) is 37.3 Å². The molecule has 4 aliphatic heterocycles. The number of ether oxygens (including phenoxy) is 5. The number of likely N-dealkylation sites (tertiary alicyclic amines) is 1. The van der Waals surface area contributed by atoms with E-state index in [0.717, 1.165) is 68.4 Å². The van der Waals surface area contributed by atoms with E-state index < -0.39 is 12.0 Å². The maximum Gasteiger partial charge on any atom is 0.199 e. The Kier molecular flexibility index (Phi) is 9.61. The van der Waals surface area contributed by atoms with E-state index in [-0.39, 0.29) is 18.4 Å². The second-order valence-electron chi connectivity index (χ2n) is 13.5. The molecular formula is C39H47NO6. The van der Waals surface area contributed by atoms with E-state index in [4.69, 9.17) is 23.7 Å². The van der Waals surface area contributed by atoms with Gasteiger partial charge in [-0.15, -0.1) is 0 Å². The van der Waals surface area contributed by atoms with Gasteiger partial charge in [0.2, 0.25) is 0 Å². The van der Waals surface area contributed by atoms with Gasteiger partial charge in [-0.2, -0.15) is 0 Å². The lowest BCUT2D eigenvalue weighted by Gasteiger charge is -2.39. The highest BCUT2D eigenvalue weighted by molar-refractivity contribution is 6.05. The molecule has 0 spiro atoms. The van der Waals surface area contributed by atoms with Crippen LogP contribution in [0.4, 0.5) is 0 Å².